The Morgan fingerprint density at radius 3 is 2.86 bits per heavy atom. The Balaban J connectivity index is 2.21. The van der Waals surface area contributed by atoms with Crippen LogP contribution in [0, 0.1) is 0 Å². The van der Waals surface area contributed by atoms with Gasteiger partial charge in [-0.3, -0.25) is 0 Å². The van der Waals surface area contributed by atoms with Crippen molar-refractivity contribution in [3.8, 4) is 0 Å². The molecule has 1 aromatic rings. The monoisotopic (exact) mass is 231 g/mol. The molecule has 2 heterocycles. The summed E-state index contributed by atoms with van der Waals surface area (Å²) in [6.45, 7) is 2.03. The van der Waals surface area contributed by atoms with Crippen LogP contribution in [0.3, 0.4) is 0 Å². The molecule has 1 N–H and O–H groups in total. The second kappa shape index (κ2) is 4.43. The third-order valence-corrected chi connectivity index (χ3v) is 2.77. The smallest absolute Gasteiger partial charge is 0.224 e. The predicted octanol–water partition coefficient (Wildman–Crippen LogP) is 2.25. The summed E-state index contributed by atoms with van der Waals surface area (Å²) in [5.74, 6) is 0.418. The van der Waals surface area contributed by atoms with Gasteiger partial charge in [0.25, 0.3) is 0 Å². The van der Waals surface area contributed by atoms with Gasteiger partial charge in [0, 0.05) is 12.5 Å². The van der Waals surface area contributed by atoms with Crippen LogP contribution < -0.4 is 5.32 Å². The van der Waals surface area contributed by atoms with E-state index in [2.05, 4.69) is 15.3 Å². The van der Waals surface area contributed by atoms with Gasteiger partial charge in [-0.25, -0.2) is 9.97 Å². The van der Waals surface area contributed by atoms with Gasteiger partial charge in [0.15, 0.2) is 0 Å². The highest BCUT2D eigenvalue weighted by Crippen LogP contribution is 2.24. The molecule has 0 spiro atoms. The van der Waals surface area contributed by atoms with Crippen molar-refractivity contribution in [2.45, 2.75) is 18.8 Å². The lowest BCUT2D eigenvalue weighted by molar-refractivity contribution is 0.454. The number of hydrogen-bond donors (Lipinski definition) is 1. The Bertz CT molecular complexity index is 304. The summed E-state index contributed by atoms with van der Waals surface area (Å²) in [5.41, 5.74) is 0.946. The Hall–Kier alpha value is -0.380. The third-order valence-electron chi connectivity index (χ3n) is 2.40. The number of rotatable bonds is 1. The largest absolute Gasteiger partial charge is 0.316 e. The molecule has 0 radical (unpaired) electrons. The second-order valence-electron chi connectivity index (χ2n) is 3.43. The van der Waals surface area contributed by atoms with E-state index in [0.29, 0.717) is 11.1 Å². The van der Waals surface area contributed by atoms with Crippen LogP contribution in [-0.2, 0) is 0 Å². The summed E-state index contributed by atoms with van der Waals surface area (Å²) in [4.78, 5) is 8.02. The van der Waals surface area contributed by atoms with E-state index in [0.717, 1.165) is 25.2 Å². The molecule has 14 heavy (non-hydrogen) atoms. The van der Waals surface area contributed by atoms with Crippen LogP contribution in [0.25, 0.3) is 0 Å². The highest BCUT2D eigenvalue weighted by Gasteiger charge is 2.17. The number of nitrogens with one attached hydrogen (secondary N) is 1. The van der Waals surface area contributed by atoms with Crippen LogP contribution in [0.1, 0.15) is 24.5 Å². The van der Waals surface area contributed by atoms with Gasteiger partial charge in [0.1, 0.15) is 5.15 Å². The average molecular weight is 232 g/mol. The molecule has 5 heteroatoms. The fourth-order valence-corrected chi connectivity index (χ4v) is 2.14. The molecule has 1 saturated heterocycles. The second-order valence-corrected chi connectivity index (χ2v) is 4.15. The van der Waals surface area contributed by atoms with Crippen LogP contribution in [0.5, 0.6) is 0 Å². The van der Waals surface area contributed by atoms with Crippen LogP contribution in [0.15, 0.2) is 6.07 Å². The maximum Gasteiger partial charge on any atom is 0.224 e. The zero-order chi connectivity index (χ0) is 9.97. The van der Waals surface area contributed by atoms with Gasteiger partial charge in [-0.05, 0) is 37.1 Å². The van der Waals surface area contributed by atoms with Gasteiger partial charge in [-0.2, -0.15) is 0 Å². The summed E-state index contributed by atoms with van der Waals surface area (Å²) < 4.78 is 0. The van der Waals surface area contributed by atoms with Gasteiger partial charge in [-0.15, -0.1) is 0 Å². The molecule has 1 unspecified atom stereocenters. The Morgan fingerprint density at radius 2 is 2.21 bits per heavy atom. The molecule has 76 valence electrons. The molecule has 1 aliphatic heterocycles. The summed E-state index contributed by atoms with van der Waals surface area (Å²) in [7, 11) is 0. The van der Waals surface area contributed by atoms with Crippen LogP contribution in [0.2, 0.25) is 10.4 Å². The lowest BCUT2D eigenvalue weighted by atomic mass is 9.96. The minimum Gasteiger partial charge on any atom is -0.316 e. The lowest BCUT2D eigenvalue weighted by Crippen LogP contribution is -2.28. The Labute approximate surface area is 92.8 Å². The molecule has 3 nitrogen and oxygen atoms in total. The minimum absolute atomic E-state index is 0.234. The molecular formula is C9H11Cl2N3. The average Bonchev–Trinajstić information content (AvgIpc) is 2.18. The van der Waals surface area contributed by atoms with Gasteiger partial charge in [-0.1, -0.05) is 11.6 Å². The molecule has 1 atom stereocenters. The SMILES string of the molecule is Clc1cc(C2CCCNC2)nc(Cl)n1. The van der Waals surface area contributed by atoms with Gasteiger partial charge in [0.05, 0.1) is 5.69 Å². The van der Waals surface area contributed by atoms with E-state index in [1.807, 2.05) is 0 Å². The van der Waals surface area contributed by atoms with E-state index >= 15 is 0 Å². The Morgan fingerprint density at radius 1 is 1.36 bits per heavy atom. The molecule has 0 amide bonds. The molecule has 1 fully saturated rings. The first-order valence-corrected chi connectivity index (χ1v) is 5.42. The Kier molecular flexibility index (Phi) is 3.21. The van der Waals surface area contributed by atoms with Gasteiger partial charge >= 0.3 is 0 Å². The molecule has 0 aromatic carbocycles. The summed E-state index contributed by atoms with van der Waals surface area (Å²) in [6.07, 6.45) is 2.31. The van der Waals surface area contributed by atoms with Gasteiger partial charge in [0.2, 0.25) is 5.28 Å². The van der Waals surface area contributed by atoms with Crippen molar-refractivity contribution < 1.29 is 0 Å². The van der Waals surface area contributed by atoms with Crippen molar-refractivity contribution in [3.63, 3.8) is 0 Å². The van der Waals surface area contributed by atoms with Crippen molar-refractivity contribution in [3.05, 3.63) is 22.2 Å². The van der Waals surface area contributed by atoms with Crippen molar-refractivity contribution in [1.82, 2.24) is 15.3 Å². The van der Waals surface area contributed by atoms with Crippen molar-refractivity contribution in [1.29, 1.82) is 0 Å². The van der Waals surface area contributed by atoms with E-state index in [1.54, 1.807) is 6.07 Å². The van der Waals surface area contributed by atoms with Gasteiger partial charge < -0.3 is 5.32 Å². The summed E-state index contributed by atoms with van der Waals surface area (Å²) in [6, 6.07) is 1.80. The number of piperidine rings is 1. The predicted molar refractivity (Wildman–Crippen MR) is 56.9 cm³/mol. The molecule has 1 aromatic heterocycles. The maximum absolute atomic E-state index is 5.81. The molecule has 2 rings (SSSR count). The zero-order valence-corrected chi connectivity index (χ0v) is 9.15. The van der Waals surface area contributed by atoms with E-state index < -0.39 is 0 Å². The van der Waals surface area contributed by atoms with E-state index in [4.69, 9.17) is 23.2 Å². The fraction of sp³-hybridized carbons (Fsp3) is 0.556. The van der Waals surface area contributed by atoms with Crippen molar-refractivity contribution in [2.24, 2.45) is 0 Å². The van der Waals surface area contributed by atoms with Crippen molar-refractivity contribution >= 4 is 23.2 Å². The molecular weight excluding hydrogens is 221 g/mol. The summed E-state index contributed by atoms with van der Waals surface area (Å²) >= 11 is 11.6. The number of halogens is 2. The lowest BCUT2D eigenvalue weighted by Gasteiger charge is -2.22. The van der Waals surface area contributed by atoms with E-state index in [-0.39, 0.29) is 5.28 Å². The number of nitrogens with zero attached hydrogens (tertiary/aromatic N) is 2. The highest BCUT2D eigenvalue weighted by atomic mass is 35.5. The first-order valence-electron chi connectivity index (χ1n) is 4.66. The first kappa shape index (κ1) is 10.1. The molecule has 1 aliphatic rings. The number of aromatic nitrogens is 2. The quantitative estimate of drug-likeness (QED) is 0.596. The zero-order valence-electron chi connectivity index (χ0n) is 7.63. The summed E-state index contributed by atoms with van der Waals surface area (Å²) in [5, 5.41) is 3.98. The van der Waals surface area contributed by atoms with Crippen LogP contribution in [-0.4, -0.2) is 23.1 Å². The topological polar surface area (TPSA) is 37.8 Å². The maximum atomic E-state index is 5.81. The van der Waals surface area contributed by atoms with E-state index in [1.165, 1.54) is 6.42 Å². The van der Waals surface area contributed by atoms with Crippen LogP contribution in [0.4, 0.5) is 0 Å². The van der Waals surface area contributed by atoms with E-state index in [9.17, 15) is 0 Å². The first-order chi connectivity index (χ1) is 6.75. The normalized spacial score (nSPS) is 22.3. The standard InChI is InChI=1S/C9H11Cl2N3/c10-8-4-7(13-9(11)14-8)6-2-1-3-12-5-6/h4,6,12H,1-3,5H2. The van der Waals surface area contributed by atoms with Crippen molar-refractivity contribution in [2.75, 3.05) is 13.1 Å². The highest BCUT2D eigenvalue weighted by molar-refractivity contribution is 6.31. The molecule has 0 aliphatic carbocycles. The third kappa shape index (κ3) is 2.35. The minimum atomic E-state index is 0.234. The fourth-order valence-electron chi connectivity index (χ4n) is 1.72. The molecule has 0 bridgehead atoms. The van der Waals surface area contributed by atoms with Crippen LogP contribution >= 0.6 is 23.2 Å². The number of hydrogen-bond acceptors (Lipinski definition) is 3. The molecule has 0 saturated carbocycles.